The van der Waals surface area contributed by atoms with Crippen LogP contribution in [0.4, 0.5) is 5.69 Å². The zero-order chi connectivity index (χ0) is 25.0. The van der Waals surface area contributed by atoms with E-state index in [0.29, 0.717) is 43.5 Å². The van der Waals surface area contributed by atoms with E-state index in [1.54, 1.807) is 24.3 Å². The summed E-state index contributed by atoms with van der Waals surface area (Å²) < 4.78 is 38.5. The fourth-order valence-electron chi connectivity index (χ4n) is 4.17. The first-order valence-electron chi connectivity index (χ1n) is 11.6. The molecule has 0 aliphatic carbocycles. The zero-order valence-electron chi connectivity index (χ0n) is 19.5. The number of morpholine rings is 1. The lowest BCUT2D eigenvalue weighted by molar-refractivity contribution is 0.0730. The minimum Gasteiger partial charge on any atom is -0.485 e. The Morgan fingerprint density at radius 2 is 1.64 bits per heavy atom. The van der Waals surface area contributed by atoms with Crippen LogP contribution in [-0.2, 0) is 14.8 Å². The second-order valence-corrected chi connectivity index (χ2v) is 10.7. The van der Waals surface area contributed by atoms with Gasteiger partial charge in [0.1, 0.15) is 11.9 Å². The van der Waals surface area contributed by atoms with Crippen molar-refractivity contribution in [3.8, 4) is 5.75 Å². The number of hydrogen-bond acceptors (Lipinski definition) is 6. The molecule has 8 nitrogen and oxygen atoms in total. The number of fused-ring (bicyclic) bond motifs is 1. The van der Waals surface area contributed by atoms with E-state index in [4.69, 9.17) is 21.7 Å². The Morgan fingerprint density at radius 3 is 2.39 bits per heavy atom. The standard InChI is InChI=1S/C26H26N4O4S2/c31-36(32,30-14-16-33-17-15-30)21-12-10-20(11-13-21)27-26(35)29-28-23-18-25(19-6-2-1-3-7-19)34-24-9-5-4-8-22(23)24/h1-13,25H,14-18H2,(H2,27,29,35)/b28-23+/t25-/m0/s1. The second kappa shape index (κ2) is 10.8. The van der Waals surface area contributed by atoms with Crippen LogP contribution in [0.2, 0.25) is 0 Å². The molecule has 0 bridgehead atoms. The highest BCUT2D eigenvalue weighted by Crippen LogP contribution is 2.35. The molecule has 0 radical (unpaired) electrons. The lowest BCUT2D eigenvalue weighted by Gasteiger charge is -2.27. The molecular weight excluding hydrogens is 496 g/mol. The Labute approximate surface area is 216 Å². The number of rotatable bonds is 5. The van der Waals surface area contributed by atoms with Crippen LogP contribution >= 0.6 is 12.2 Å². The summed E-state index contributed by atoms with van der Waals surface area (Å²) in [4.78, 5) is 0.236. The van der Waals surface area contributed by atoms with Crippen molar-refractivity contribution in [3.05, 3.63) is 90.0 Å². The third-order valence-electron chi connectivity index (χ3n) is 6.03. The quantitative estimate of drug-likeness (QED) is 0.388. The van der Waals surface area contributed by atoms with E-state index in [1.165, 1.54) is 4.31 Å². The van der Waals surface area contributed by atoms with Crippen molar-refractivity contribution in [3.63, 3.8) is 0 Å². The highest BCUT2D eigenvalue weighted by Gasteiger charge is 2.27. The summed E-state index contributed by atoms with van der Waals surface area (Å²) in [5.74, 6) is 0.772. The molecule has 36 heavy (non-hydrogen) atoms. The van der Waals surface area contributed by atoms with E-state index < -0.39 is 10.0 Å². The molecule has 2 N–H and O–H groups in total. The fourth-order valence-corrected chi connectivity index (χ4v) is 5.74. The van der Waals surface area contributed by atoms with Crippen molar-refractivity contribution >= 4 is 38.8 Å². The number of hydrazone groups is 1. The number of benzene rings is 3. The lowest BCUT2D eigenvalue weighted by atomic mass is 9.96. The Balaban J connectivity index is 1.26. The van der Waals surface area contributed by atoms with Crippen LogP contribution < -0.4 is 15.5 Å². The smallest absolute Gasteiger partial charge is 0.243 e. The summed E-state index contributed by atoms with van der Waals surface area (Å²) in [6.45, 7) is 1.53. The molecule has 0 aromatic heterocycles. The lowest BCUT2D eigenvalue weighted by Crippen LogP contribution is -2.40. The molecular formula is C26H26N4O4S2. The van der Waals surface area contributed by atoms with Crippen LogP contribution in [0.1, 0.15) is 23.7 Å². The van der Waals surface area contributed by atoms with E-state index in [-0.39, 0.29) is 11.0 Å². The molecule has 2 aliphatic rings. The Hall–Kier alpha value is -3.31. The zero-order valence-corrected chi connectivity index (χ0v) is 21.1. The molecule has 3 aromatic rings. The SMILES string of the molecule is O=S(=O)(c1ccc(NC(=S)N/N=C2\C[C@@H](c3ccccc3)Oc3ccccc32)cc1)N1CCOCC1. The van der Waals surface area contributed by atoms with Crippen LogP contribution in [-0.4, -0.2) is 49.9 Å². The van der Waals surface area contributed by atoms with Gasteiger partial charge in [0.25, 0.3) is 0 Å². The molecule has 0 amide bonds. The van der Waals surface area contributed by atoms with Gasteiger partial charge >= 0.3 is 0 Å². The molecule has 0 spiro atoms. The molecule has 3 aromatic carbocycles. The summed E-state index contributed by atoms with van der Waals surface area (Å²) in [5.41, 5.74) is 6.40. The topological polar surface area (TPSA) is 92.3 Å². The predicted octanol–water partition coefficient (Wildman–Crippen LogP) is 3.92. The molecule has 5 rings (SSSR count). The van der Waals surface area contributed by atoms with Crippen LogP contribution in [0.5, 0.6) is 5.75 Å². The van der Waals surface area contributed by atoms with E-state index in [2.05, 4.69) is 15.8 Å². The normalized spacial score (nSPS) is 19.2. The van der Waals surface area contributed by atoms with E-state index in [1.807, 2.05) is 54.6 Å². The molecule has 0 unspecified atom stereocenters. The monoisotopic (exact) mass is 522 g/mol. The van der Waals surface area contributed by atoms with Crippen molar-refractivity contribution in [2.24, 2.45) is 5.10 Å². The first-order valence-corrected chi connectivity index (χ1v) is 13.5. The van der Waals surface area contributed by atoms with Crippen molar-refractivity contribution in [2.45, 2.75) is 17.4 Å². The van der Waals surface area contributed by atoms with Gasteiger partial charge in [-0.25, -0.2) is 8.42 Å². The maximum Gasteiger partial charge on any atom is 0.243 e. The van der Waals surface area contributed by atoms with Crippen LogP contribution in [0.3, 0.4) is 0 Å². The summed E-state index contributed by atoms with van der Waals surface area (Å²) in [5, 5.41) is 7.94. The van der Waals surface area contributed by atoms with Gasteiger partial charge in [-0.05, 0) is 54.2 Å². The largest absolute Gasteiger partial charge is 0.485 e. The summed E-state index contributed by atoms with van der Waals surface area (Å²) >= 11 is 5.43. The number of anilines is 1. The minimum absolute atomic E-state index is 0.149. The number of hydrogen-bond donors (Lipinski definition) is 2. The Kier molecular flexibility index (Phi) is 7.28. The van der Waals surface area contributed by atoms with Crippen molar-refractivity contribution < 1.29 is 17.9 Å². The van der Waals surface area contributed by atoms with Crippen molar-refractivity contribution in [1.29, 1.82) is 0 Å². The summed E-state index contributed by atoms with van der Waals surface area (Å²) in [6.07, 6.45) is 0.439. The number of para-hydroxylation sites is 1. The third kappa shape index (κ3) is 5.41. The first-order chi connectivity index (χ1) is 17.5. The number of nitrogens with one attached hydrogen (secondary N) is 2. The molecule has 2 heterocycles. The van der Waals surface area contributed by atoms with Gasteiger partial charge in [0.05, 0.1) is 23.8 Å². The van der Waals surface area contributed by atoms with Gasteiger partial charge in [-0.3, -0.25) is 5.43 Å². The average Bonchev–Trinajstić information content (AvgIpc) is 2.93. The molecule has 1 saturated heterocycles. The summed E-state index contributed by atoms with van der Waals surface area (Å²) in [6, 6.07) is 24.3. The van der Waals surface area contributed by atoms with Gasteiger partial charge in [0, 0.05) is 30.8 Å². The number of sulfonamides is 1. The van der Waals surface area contributed by atoms with Crippen LogP contribution in [0.15, 0.2) is 88.9 Å². The maximum atomic E-state index is 12.8. The molecule has 186 valence electrons. The van der Waals surface area contributed by atoms with Gasteiger partial charge in [0.15, 0.2) is 5.11 Å². The van der Waals surface area contributed by atoms with E-state index in [9.17, 15) is 8.42 Å². The fraction of sp³-hybridized carbons (Fsp3) is 0.231. The van der Waals surface area contributed by atoms with Gasteiger partial charge in [0.2, 0.25) is 10.0 Å². The molecule has 0 saturated carbocycles. The van der Waals surface area contributed by atoms with E-state index >= 15 is 0 Å². The Morgan fingerprint density at radius 1 is 0.944 bits per heavy atom. The van der Waals surface area contributed by atoms with Gasteiger partial charge in [-0.1, -0.05) is 42.5 Å². The number of nitrogens with zero attached hydrogens (tertiary/aromatic N) is 2. The highest BCUT2D eigenvalue weighted by atomic mass is 32.2. The van der Waals surface area contributed by atoms with Crippen molar-refractivity contribution in [2.75, 3.05) is 31.6 Å². The number of ether oxygens (including phenoxy) is 2. The molecule has 10 heteroatoms. The highest BCUT2D eigenvalue weighted by molar-refractivity contribution is 7.89. The maximum absolute atomic E-state index is 12.8. The molecule has 1 atom stereocenters. The molecule has 1 fully saturated rings. The van der Waals surface area contributed by atoms with E-state index in [0.717, 1.165) is 22.6 Å². The Bertz CT molecular complexity index is 1360. The number of thiocarbonyl (C=S) groups is 1. The van der Waals surface area contributed by atoms with Gasteiger partial charge in [-0.15, -0.1) is 0 Å². The third-order valence-corrected chi connectivity index (χ3v) is 8.14. The molecule has 2 aliphatic heterocycles. The second-order valence-electron chi connectivity index (χ2n) is 8.38. The van der Waals surface area contributed by atoms with Crippen LogP contribution in [0, 0.1) is 0 Å². The van der Waals surface area contributed by atoms with Crippen LogP contribution in [0.25, 0.3) is 0 Å². The van der Waals surface area contributed by atoms with Gasteiger partial charge < -0.3 is 14.8 Å². The van der Waals surface area contributed by atoms with Gasteiger partial charge in [-0.2, -0.15) is 9.41 Å². The van der Waals surface area contributed by atoms with Crippen molar-refractivity contribution in [1.82, 2.24) is 9.73 Å². The predicted molar refractivity (Wildman–Crippen MR) is 143 cm³/mol. The minimum atomic E-state index is -3.55. The summed E-state index contributed by atoms with van der Waals surface area (Å²) in [7, 11) is -3.55. The average molecular weight is 523 g/mol. The first kappa shape index (κ1) is 24.4.